The van der Waals surface area contributed by atoms with E-state index in [-0.39, 0.29) is 97.5 Å². The Morgan fingerprint density at radius 3 is 1.86 bits per heavy atom. The van der Waals surface area contributed by atoms with E-state index in [0.29, 0.717) is 76.2 Å². The van der Waals surface area contributed by atoms with Crippen LogP contribution in [0.5, 0.6) is 0 Å². The second-order valence-corrected chi connectivity index (χ2v) is 32.7. The molecule has 8 saturated carbocycles. The molecule has 22 nitrogen and oxygen atoms in total. The number of hydrogen-bond acceptors (Lipinski definition) is 20. The minimum absolute atomic E-state index is 0.00314. The highest BCUT2D eigenvalue weighted by molar-refractivity contribution is 7.87. The molecular formula is C63H89F7O22S2. The molecule has 0 aromatic carbocycles. The van der Waals surface area contributed by atoms with Crippen LogP contribution < -0.4 is 0 Å². The van der Waals surface area contributed by atoms with Crippen LogP contribution in [0.1, 0.15) is 170 Å². The zero-order valence-electron chi connectivity index (χ0n) is 53.7. The Morgan fingerprint density at radius 2 is 1.24 bits per heavy atom. The first-order chi connectivity index (χ1) is 43.4. The third-order valence-corrected chi connectivity index (χ3v) is 26.6. The molecule has 0 aromatic rings. The minimum Gasteiger partial charge on any atom is -0.486 e. The highest BCUT2D eigenvalue weighted by Crippen LogP contribution is 2.73. The molecule has 0 aliphatic heterocycles. The summed E-state index contributed by atoms with van der Waals surface area (Å²) in [7, 11) is -12.7. The van der Waals surface area contributed by atoms with Crippen molar-refractivity contribution in [2.24, 2.45) is 92.7 Å². The molecule has 31 heteroatoms. The van der Waals surface area contributed by atoms with E-state index in [0.717, 1.165) is 0 Å². The van der Waals surface area contributed by atoms with Crippen molar-refractivity contribution in [3.05, 3.63) is 11.3 Å². The van der Waals surface area contributed by atoms with Gasteiger partial charge in [-0.15, -0.1) is 0 Å². The molecule has 23 atom stereocenters. The molecule has 8 fully saturated rings. The lowest BCUT2D eigenvalue weighted by atomic mass is 9.43. The Hall–Kier alpha value is -4.43. The lowest BCUT2D eigenvalue weighted by Crippen LogP contribution is -2.63. The summed E-state index contributed by atoms with van der Waals surface area (Å²) < 4.78 is 199. The van der Waals surface area contributed by atoms with E-state index in [1.54, 1.807) is 0 Å². The Morgan fingerprint density at radius 1 is 0.628 bits per heavy atom. The van der Waals surface area contributed by atoms with Gasteiger partial charge in [0.05, 0.1) is 24.1 Å². The van der Waals surface area contributed by atoms with Crippen LogP contribution >= 0.6 is 0 Å². The monoisotopic (exact) mass is 1390 g/mol. The number of carbonyl (C=O) groups excluding carboxylic acids is 6. The Bertz CT molecular complexity index is 3170. The molecule has 7 unspecified atom stereocenters. The number of carbonyl (C=O) groups is 6. The zero-order valence-corrected chi connectivity index (χ0v) is 55.3. The number of hydrogen-bond donors (Lipinski definition) is 5. The predicted octanol–water partition coefficient (Wildman–Crippen LogP) is 8.61. The molecule has 9 aliphatic carbocycles. The molecule has 0 bridgehead atoms. The Balaban J connectivity index is 1.01. The summed E-state index contributed by atoms with van der Waals surface area (Å²) in [6, 6.07) is 0. The average Bonchev–Trinajstić information content (AvgIpc) is 1.42. The van der Waals surface area contributed by atoms with Crippen molar-refractivity contribution in [2.45, 2.75) is 230 Å². The highest BCUT2D eigenvalue weighted by atomic mass is 32.2. The van der Waals surface area contributed by atoms with Crippen LogP contribution in [0.15, 0.2) is 11.3 Å². The van der Waals surface area contributed by atoms with Crippen molar-refractivity contribution in [3.8, 4) is 0 Å². The third-order valence-electron chi connectivity index (χ3n) is 24.9. The number of alkyl halides is 7. The molecule has 0 radical (unpaired) electrons. The molecule has 9 aliphatic rings. The summed E-state index contributed by atoms with van der Waals surface area (Å²) in [6.45, 7) is 8.02. The maximum atomic E-state index is 15.1. The van der Waals surface area contributed by atoms with Gasteiger partial charge >= 0.3 is 72.7 Å². The topological polar surface area (TPSA) is 336 Å². The first-order valence-electron chi connectivity index (χ1n) is 32.6. The van der Waals surface area contributed by atoms with Gasteiger partial charge in [-0.1, -0.05) is 34.6 Å². The fourth-order valence-electron chi connectivity index (χ4n) is 20.6. The molecular weight excluding hydrogens is 1310 g/mol. The van der Waals surface area contributed by atoms with Gasteiger partial charge in [0.15, 0.2) is 19.8 Å². The van der Waals surface area contributed by atoms with E-state index < -0.39 is 188 Å². The summed E-state index contributed by atoms with van der Waals surface area (Å²) in [5.74, 6) is -10.1. The van der Waals surface area contributed by atoms with Gasteiger partial charge in [0, 0.05) is 44.4 Å². The van der Waals surface area contributed by atoms with Gasteiger partial charge < -0.3 is 48.5 Å². The first kappa shape index (κ1) is 73.8. The zero-order chi connectivity index (χ0) is 69.6. The van der Waals surface area contributed by atoms with Gasteiger partial charge in [0.2, 0.25) is 0 Å². The third kappa shape index (κ3) is 13.9. The van der Waals surface area contributed by atoms with Crippen LogP contribution in [0.4, 0.5) is 30.7 Å². The molecule has 534 valence electrons. The minimum atomic E-state index is -6.75. The van der Waals surface area contributed by atoms with Crippen molar-refractivity contribution in [1.82, 2.24) is 0 Å². The second kappa shape index (κ2) is 26.7. The number of aliphatic hydroxyl groups is 3. The number of halogens is 7. The summed E-state index contributed by atoms with van der Waals surface area (Å²) in [6.07, 6.45) is -9.59. The molecule has 0 spiro atoms. The van der Waals surface area contributed by atoms with Crippen molar-refractivity contribution in [3.63, 3.8) is 0 Å². The summed E-state index contributed by atoms with van der Waals surface area (Å²) >= 11 is 0. The van der Waals surface area contributed by atoms with Gasteiger partial charge in [0.25, 0.3) is 6.10 Å². The van der Waals surface area contributed by atoms with Gasteiger partial charge in [-0.25, -0.2) is 9.59 Å². The van der Waals surface area contributed by atoms with Crippen LogP contribution in [0, 0.1) is 92.7 Å². The number of aliphatic hydroxyl groups excluding tert-OH is 3. The van der Waals surface area contributed by atoms with E-state index in [9.17, 15) is 86.9 Å². The molecule has 94 heavy (non-hydrogen) atoms. The molecule has 0 aromatic heterocycles. The number of ether oxygens (including phenoxy) is 7. The van der Waals surface area contributed by atoms with E-state index >= 15 is 4.79 Å². The molecule has 0 heterocycles. The maximum Gasteiger partial charge on any atom is 0.432 e. The molecule has 0 amide bonds. The largest absolute Gasteiger partial charge is 0.486 e. The van der Waals surface area contributed by atoms with Crippen molar-refractivity contribution in [1.29, 1.82) is 0 Å². The Kier molecular flexibility index (Phi) is 20.9. The van der Waals surface area contributed by atoms with Crippen molar-refractivity contribution >= 4 is 56.1 Å². The van der Waals surface area contributed by atoms with E-state index in [1.165, 1.54) is 13.8 Å². The Labute approximate surface area is 541 Å². The molecule has 5 N–H and O–H groups in total. The van der Waals surface area contributed by atoms with Gasteiger partial charge in [0.1, 0.15) is 18.3 Å². The van der Waals surface area contributed by atoms with E-state index in [2.05, 4.69) is 23.3 Å². The maximum absolute atomic E-state index is 15.1. The van der Waals surface area contributed by atoms with Crippen LogP contribution in [0.2, 0.25) is 0 Å². The summed E-state index contributed by atoms with van der Waals surface area (Å²) in [4.78, 5) is 79.7. The van der Waals surface area contributed by atoms with Gasteiger partial charge in [-0.3, -0.25) is 28.3 Å². The smallest absolute Gasteiger partial charge is 0.432 e. The molecule has 0 saturated heterocycles. The fourth-order valence-corrected chi connectivity index (χ4v) is 21.2. The lowest BCUT2D eigenvalue weighted by molar-refractivity contribution is -0.260. The molecule has 9 rings (SSSR count). The predicted molar refractivity (Wildman–Crippen MR) is 311 cm³/mol. The van der Waals surface area contributed by atoms with E-state index in [4.69, 9.17) is 32.8 Å². The van der Waals surface area contributed by atoms with E-state index in [1.807, 2.05) is 20.8 Å². The quantitative estimate of drug-likeness (QED) is 0.0311. The fraction of sp³-hybridized carbons (Fsp3) is 0.873. The number of allylic oxidation sites excluding steroid dienone is 2. The summed E-state index contributed by atoms with van der Waals surface area (Å²) in [5, 5.41) is 24.5. The summed E-state index contributed by atoms with van der Waals surface area (Å²) in [5.41, 5.74) is -2.15. The van der Waals surface area contributed by atoms with Gasteiger partial charge in [-0.2, -0.15) is 47.6 Å². The van der Waals surface area contributed by atoms with Crippen LogP contribution in [0.3, 0.4) is 0 Å². The standard InChI is InChI=1S/C63H89F7O22S2/c1-30-8-13-45(86-28-52(79)92-56(62(66,67)68)63(69,70)94(83,84)85)38-24-43-54-42(26-48(90-32(3)72)60(43,7)55(30)38)58(5)19-17-37(89-31(2)71)21-35(58)23-46(54)91-50(77)15-10-33(9-14-49(76)87-27-51(78)88-29-61(64,65)93(80,81)82)39-11-12-40-53-41(25-47(75)59(39,40)6)57(4)18-16-36(73)20-34(57)22-44(53)74/h30,33-37,39-44,46-48,53-56,73-75H,8-29H2,1-7H3,(H,80,81,82)(H,83,84,85)/t30-,33+,34+,35+,36?,37?,39-,40+,41+,42+,43+,44?,46?,47?,48?,53+,54-,55+,56?,57+,58+,59-,60-/m1/s1. The highest BCUT2D eigenvalue weighted by Gasteiger charge is 2.71. The van der Waals surface area contributed by atoms with Crippen LogP contribution in [0.25, 0.3) is 0 Å². The van der Waals surface area contributed by atoms with Crippen molar-refractivity contribution in [2.75, 3.05) is 19.8 Å². The van der Waals surface area contributed by atoms with Gasteiger partial charge in [-0.05, 0) is 190 Å². The van der Waals surface area contributed by atoms with Crippen molar-refractivity contribution < 1.29 is 134 Å². The number of fused-ring (bicyclic) bond motifs is 12. The van der Waals surface area contributed by atoms with Crippen LogP contribution in [-0.2, 0) is 82.2 Å². The average molecular weight is 1400 g/mol. The number of esters is 6. The second-order valence-electron chi connectivity index (χ2n) is 29.6. The van der Waals surface area contributed by atoms with Crippen LogP contribution in [-0.4, -0.2) is 156 Å². The number of rotatable bonds is 21. The lowest BCUT2D eigenvalue weighted by Gasteiger charge is -2.64. The normalized spacial score (nSPS) is 39.5. The SMILES string of the molecule is CC(=O)OC1CC[C@@]2(C)[C@@H](C1)CC(OC(=O)CC[C@H](CCC(=O)OCC(=O)OCC(F)(F)S(=O)(=O)O)[C@H]1CC[C@H]3[C@@H]4C(O)C[C@@H]5CC(O)CC[C@]5(C)[C@H]4CC(O)[C@]13C)[C@@H]1[C@@H]2CC(OC(C)=O)[C@]2(C)[C@@H]3C(=C(OCC(=O)OC(C(F)(F)F)C(F)(F)S(=O)(=O)O)CC[C@H]3C)C[C@@H]12. The first-order valence-corrected chi connectivity index (χ1v) is 35.5.